The summed E-state index contributed by atoms with van der Waals surface area (Å²) in [5.74, 6) is 0. The van der Waals surface area contributed by atoms with Crippen molar-refractivity contribution in [2.24, 2.45) is 0 Å². The number of hydrogen-bond donors (Lipinski definition) is 1. The molecule has 140 valence electrons. The van der Waals surface area contributed by atoms with Crippen molar-refractivity contribution in [1.82, 2.24) is 0 Å². The number of unbranched alkanes of at least 4 members (excludes halogenated alkanes) is 8. The van der Waals surface area contributed by atoms with Crippen LogP contribution in [-0.4, -0.2) is 50.4 Å². The Hall–Kier alpha value is -0.130. The fourth-order valence-electron chi connectivity index (χ4n) is 3.30. The van der Waals surface area contributed by atoms with Gasteiger partial charge >= 0.3 is 0 Å². The van der Waals surface area contributed by atoms with Gasteiger partial charge in [-0.25, -0.2) is 0 Å². The molecule has 0 saturated carbocycles. The third kappa shape index (κ3) is 18.1. The maximum Gasteiger partial charge on any atom is 0.261 e. The van der Waals surface area contributed by atoms with E-state index in [2.05, 4.69) is 14.0 Å². The van der Waals surface area contributed by atoms with Gasteiger partial charge in [0.15, 0.2) is 0 Å². The molecule has 0 amide bonds. The Morgan fingerprint density at radius 2 is 1.22 bits per heavy atom. The van der Waals surface area contributed by atoms with Crippen LogP contribution in [0.25, 0.3) is 0 Å². The quantitative estimate of drug-likeness (QED) is 0.354. The van der Waals surface area contributed by atoms with Gasteiger partial charge in [-0.05, 0) is 32.1 Å². The fourth-order valence-corrected chi connectivity index (χ4v) is 3.30. The predicted octanol–water partition coefficient (Wildman–Crippen LogP) is 4.65. The highest BCUT2D eigenvalue weighted by atomic mass is 32.2. The molecule has 4 nitrogen and oxygen atoms in total. The van der Waals surface area contributed by atoms with Crippen molar-refractivity contribution in [3.05, 3.63) is 0 Å². The van der Waals surface area contributed by atoms with Crippen LogP contribution in [0.1, 0.15) is 84.0 Å². The van der Waals surface area contributed by atoms with Crippen molar-refractivity contribution in [2.75, 3.05) is 32.9 Å². The van der Waals surface area contributed by atoms with Crippen LogP contribution in [0, 0.1) is 0 Å². The van der Waals surface area contributed by atoms with Gasteiger partial charge in [-0.15, -0.1) is 0 Å². The van der Waals surface area contributed by atoms with Gasteiger partial charge in [0.05, 0.1) is 32.9 Å². The molecule has 1 aliphatic rings. The lowest BCUT2D eigenvalue weighted by Crippen LogP contribution is -2.48. The van der Waals surface area contributed by atoms with Crippen LogP contribution in [0.4, 0.5) is 0 Å². The van der Waals surface area contributed by atoms with Crippen molar-refractivity contribution in [1.29, 1.82) is 0 Å². The van der Waals surface area contributed by atoms with Gasteiger partial charge < -0.3 is 4.48 Å². The zero-order valence-corrected chi connectivity index (χ0v) is 16.5. The Balaban J connectivity index is 0.000000841. The Bertz CT molecular complexity index is 354. The summed E-state index contributed by atoms with van der Waals surface area (Å²) in [6, 6.07) is 0. The number of likely N-dealkylation sites (tertiary alicyclic amines) is 1. The summed E-state index contributed by atoms with van der Waals surface area (Å²) in [7, 11) is -1.19. The van der Waals surface area contributed by atoms with E-state index in [0.717, 1.165) is 0 Å². The molecule has 0 spiro atoms. The summed E-state index contributed by atoms with van der Waals surface area (Å²) < 4.78 is 27.2. The first-order chi connectivity index (χ1) is 10.8. The van der Waals surface area contributed by atoms with E-state index in [-0.39, 0.29) is 0 Å². The molecule has 0 aromatic carbocycles. The average molecular weight is 351 g/mol. The minimum Gasteiger partial charge on any atom is -0.326 e. The maximum absolute atomic E-state index is 9.19. The molecule has 0 aromatic heterocycles. The summed E-state index contributed by atoms with van der Waals surface area (Å²) >= 11 is 0. The summed E-state index contributed by atoms with van der Waals surface area (Å²) in [5.41, 5.74) is 0. The number of quaternary nitrogens is 1. The van der Waals surface area contributed by atoms with E-state index >= 15 is 0 Å². The molecule has 1 N–H and O–H groups in total. The summed E-state index contributed by atoms with van der Waals surface area (Å²) in [5, 5.41) is 0. The Morgan fingerprint density at radius 3 is 1.65 bits per heavy atom. The zero-order chi connectivity index (χ0) is 17.6. The molecular formula is C18H40NO3S+. The molecule has 0 radical (unpaired) electrons. The second-order valence-electron chi connectivity index (χ2n) is 7.41. The molecular weight excluding hydrogens is 310 g/mol. The minimum atomic E-state index is -3.67. The first-order valence-electron chi connectivity index (χ1n) is 9.53. The highest BCUT2D eigenvalue weighted by molar-refractivity contribution is 7.85. The minimum absolute atomic E-state index is 0.715. The molecule has 0 bridgehead atoms. The van der Waals surface area contributed by atoms with E-state index in [1.807, 2.05) is 0 Å². The van der Waals surface area contributed by atoms with Crippen LogP contribution in [0.2, 0.25) is 0 Å². The van der Waals surface area contributed by atoms with Crippen molar-refractivity contribution >= 4 is 10.1 Å². The normalized spacial score (nSPS) is 17.4. The highest BCUT2D eigenvalue weighted by Crippen LogP contribution is 2.18. The van der Waals surface area contributed by atoms with Gasteiger partial charge in [0.25, 0.3) is 10.1 Å². The molecule has 1 saturated heterocycles. The molecule has 0 unspecified atom stereocenters. The molecule has 0 aromatic rings. The van der Waals surface area contributed by atoms with E-state index in [9.17, 15) is 8.42 Å². The van der Waals surface area contributed by atoms with E-state index in [1.165, 1.54) is 101 Å². The number of nitrogens with zero attached hydrogens (tertiary/aromatic N) is 1. The molecule has 23 heavy (non-hydrogen) atoms. The lowest BCUT2D eigenvalue weighted by molar-refractivity contribution is -0.914. The van der Waals surface area contributed by atoms with E-state index in [0.29, 0.717) is 6.26 Å². The zero-order valence-electron chi connectivity index (χ0n) is 15.7. The van der Waals surface area contributed by atoms with E-state index in [1.54, 1.807) is 0 Å². The van der Waals surface area contributed by atoms with Gasteiger partial charge in [0.1, 0.15) is 0 Å². The topological polar surface area (TPSA) is 54.4 Å². The molecule has 0 aliphatic carbocycles. The first kappa shape index (κ1) is 22.9. The Labute approximate surface area is 145 Å². The van der Waals surface area contributed by atoms with Crippen LogP contribution in [0.5, 0.6) is 0 Å². The first-order valence-corrected chi connectivity index (χ1v) is 11.4. The van der Waals surface area contributed by atoms with Crippen molar-refractivity contribution in [3.8, 4) is 0 Å². The average Bonchev–Trinajstić information content (AvgIpc) is 2.44. The van der Waals surface area contributed by atoms with Gasteiger partial charge in [-0.3, -0.25) is 4.55 Å². The third-order valence-corrected chi connectivity index (χ3v) is 4.70. The second-order valence-corrected chi connectivity index (χ2v) is 8.88. The number of rotatable bonds is 10. The van der Waals surface area contributed by atoms with E-state index < -0.39 is 10.1 Å². The van der Waals surface area contributed by atoms with Crippen molar-refractivity contribution in [3.63, 3.8) is 0 Å². The largest absolute Gasteiger partial charge is 0.326 e. The van der Waals surface area contributed by atoms with Crippen LogP contribution in [0.15, 0.2) is 0 Å². The second kappa shape index (κ2) is 13.2. The van der Waals surface area contributed by atoms with E-state index in [4.69, 9.17) is 4.55 Å². The molecule has 1 fully saturated rings. The SMILES string of the molecule is CCCCCCCCCCC[N+]1(C)CCCCC1.CS(=O)(=O)O. The lowest BCUT2D eigenvalue weighted by Gasteiger charge is -2.37. The Morgan fingerprint density at radius 1 is 0.826 bits per heavy atom. The highest BCUT2D eigenvalue weighted by Gasteiger charge is 2.23. The standard InChI is InChI=1S/C17H36N.CH4O3S/c1-3-4-5-6-7-8-9-10-12-15-18(2)16-13-11-14-17-18;1-5(2,3)4/h3-17H2,1-2H3;1H3,(H,2,3,4)/q+1;. The number of piperidine rings is 1. The van der Waals surface area contributed by atoms with Gasteiger partial charge in [-0.2, -0.15) is 8.42 Å². The molecule has 5 heteroatoms. The van der Waals surface area contributed by atoms with Crippen molar-refractivity contribution in [2.45, 2.75) is 84.0 Å². The maximum atomic E-state index is 9.19. The van der Waals surface area contributed by atoms with Gasteiger partial charge in [0.2, 0.25) is 0 Å². The van der Waals surface area contributed by atoms with Crippen LogP contribution in [0.3, 0.4) is 0 Å². The summed E-state index contributed by atoms with van der Waals surface area (Å²) in [6.45, 7) is 6.62. The summed E-state index contributed by atoms with van der Waals surface area (Å²) in [4.78, 5) is 0. The third-order valence-electron chi connectivity index (χ3n) is 4.70. The number of hydrogen-bond acceptors (Lipinski definition) is 2. The van der Waals surface area contributed by atoms with Gasteiger partial charge in [0, 0.05) is 0 Å². The molecule has 0 atom stereocenters. The fraction of sp³-hybridized carbons (Fsp3) is 1.00. The van der Waals surface area contributed by atoms with Crippen LogP contribution < -0.4 is 0 Å². The lowest BCUT2D eigenvalue weighted by atomic mass is 10.1. The summed E-state index contributed by atoms with van der Waals surface area (Å²) in [6.07, 6.45) is 18.2. The molecule has 1 heterocycles. The van der Waals surface area contributed by atoms with Crippen LogP contribution >= 0.6 is 0 Å². The monoisotopic (exact) mass is 350 g/mol. The molecule has 1 rings (SSSR count). The molecule has 1 aliphatic heterocycles. The van der Waals surface area contributed by atoms with Crippen molar-refractivity contribution < 1.29 is 17.5 Å². The predicted molar refractivity (Wildman–Crippen MR) is 99.3 cm³/mol. The van der Waals surface area contributed by atoms with Gasteiger partial charge in [-0.1, -0.05) is 51.9 Å². The van der Waals surface area contributed by atoms with Crippen LogP contribution in [-0.2, 0) is 10.1 Å². The Kier molecular flexibility index (Phi) is 13.1. The smallest absolute Gasteiger partial charge is 0.261 e.